The van der Waals surface area contributed by atoms with Crippen LogP contribution in [-0.4, -0.2) is 17.1 Å². The lowest BCUT2D eigenvalue weighted by molar-refractivity contribution is 0.897. The third-order valence-electron chi connectivity index (χ3n) is 11.1. The number of para-hydroxylation sites is 1. The number of benzene rings is 6. The van der Waals surface area contributed by atoms with E-state index in [0.717, 1.165) is 63.4 Å². The lowest BCUT2D eigenvalue weighted by Gasteiger charge is -2.26. The van der Waals surface area contributed by atoms with Crippen LogP contribution in [0.5, 0.6) is 0 Å². The van der Waals surface area contributed by atoms with Crippen molar-refractivity contribution < 1.29 is 0 Å². The summed E-state index contributed by atoms with van der Waals surface area (Å²) < 4.78 is 2.41. The van der Waals surface area contributed by atoms with Crippen molar-refractivity contribution >= 4 is 57.8 Å². The van der Waals surface area contributed by atoms with Crippen LogP contribution >= 0.6 is 0 Å². The summed E-state index contributed by atoms with van der Waals surface area (Å²) >= 11 is 0. The molecule has 6 aromatic carbocycles. The second-order valence-corrected chi connectivity index (χ2v) is 14.8. The number of nitrogens with zero attached hydrogens (tertiary/aromatic N) is 4. The van der Waals surface area contributed by atoms with Gasteiger partial charge in [-0.1, -0.05) is 159 Å². The first-order chi connectivity index (χ1) is 29.0. The Morgan fingerprint density at radius 1 is 0.729 bits per heavy atom. The number of allylic oxidation sites excluding steroid dienone is 4. The van der Waals surface area contributed by atoms with Gasteiger partial charge in [0.15, 0.2) is 0 Å². The Morgan fingerprint density at radius 3 is 2.24 bits per heavy atom. The van der Waals surface area contributed by atoms with Gasteiger partial charge in [-0.2, -0.15) is 0 Å². The minimum Gasteiger partial charge on any atom is -0.317 e. The SMILES string of the molecule is C=CC(=C)c1ccc(C2=Cc3c(n(C(Cc4ccccc4C(=C)N=C)=NCc4ccccc4)c4ccccc34)CC2)cc1N(/C=C\C)c1cccc(-c2ccccc2)c1. The van der Waals surface area contributed by atoms with Gasteiger partial charge in [0.25, 0.3) is 0 Å². The smallest absolute Gasteiger partial charge is 0.113 e. The average molecular weight is 765 g/mol. The molecule has 0 spiro atoms. The quantitative estimate of drug-likeness (QED) is 0.0654. The van der Waals surface area contributed by atoms with Crippen molar-refractivity contribution in [2.45, 2.75) is 32.7 Å². The highest BCUT2D eigenvalue weighted by atomic mass is 15.1. The van der Waals surface area contributed by atoms with Crippen LogP contribution in [0.4, 0.5) is 11.4 Å². The molecule has 8 rings (SSSR count). The summed E-state index contributed by atoms with van der Waals surface area (Å²) in [6.07, 6.45) is 10.8. The van der Waals surface area contributed by atoms with E-state index in [2.05, 4.69) is 206 Å². The van der Waals surface area contributed by atoms with Crippen molar-refractivity contribution in [2.24, 2.45) is 9.98 Å². The average Bonchev–Trinajstić information content (AvgIpc) is 3.63. The molecule has 1 aliphatic rings. The molecule has 288 valence electrons. The number of hydrogen-bond acceptors (Lipinski definition) is 3. The van der Waals surface area contributed by atoms with E-state index in [0.29, 0.717) is 18.7 Å². The summed E-state index contributed by atoms with van der Waals surface area (Å²) in [6, 6.07) is 53.5. The van der Waals surface area contributed by atoms with Crippen LogP contribution in [0.2, 0.25) is 0 Å². The minimum atomic E-state index is 0.573. The molecule has 0 aliphatic heterocycles. The summed E-state index contributed by atoms with van der Waals surface area (Å²) in [5.41, 5.74) is 16.4. The maximum Gasteiger partial charge on any atom is 0.113 e. The Labute approximate surface area is 348 Å². The lowest BCUT2D eigenvalue weighted by atomic mass is 9.89. The largest absolute Gasteiger partial charge is 0.317 e. The van der Waals surface area contributed by atoms with Gasteiger partial charge in [0, 0.05) is 46.1 Å². The molecule has 0 N–H and O–H groups in total. The van der Waals surface area contributed by atoms with Crippen LogP contribution in [0.15, 0.2) is 200 Å². The lowest BCUT2D eigenvalue weighted by Crippen LogP contribution is -2.20. The number of anilines is 2. The standard InChI is InChI=1S/C55H48N4/c1-6-33-58(47-25-18-24-43(34-47)42-21-12-9-13-22-42)54-36-45(29-31-48(54)39(3)7-2)44-30-32-53-51(35-44)50-27-16-17-28-52(50)59(53)55(57-38-41-19-10-8-11-20-41)37-46-23-14-15-26-49(46)40(4)56-5/h6-29,31,33-36H,2-5,30,32,37-38H2,1H3/b33-6-,57-55?. The van der Waals surface area contributed by atoms with Gasteiger partial charge >= 0.3 is 0 Å². The Kier molecular flexibility index (Phi) is 11.4. The molecule has 0 saturated carbocycles. The van der Waals surface area contributed by atoms with Gasteiger partial charge in [0.05, 0.1) is 23.4 Å². The fourth-order valence-corrected chi connectivity index (χ4v) is 8.16. The first-order valence-electron chi connectivity index (χ1n) is 20.2. The highest BCUT2D eigenvalue weighted by molar-refractivity contribution is 6.05. The van der Waals surface area contributed by atoms with Crippen molar-refractivity contribution in [3.8, 4) is 11.1 Å². The molecule has 1 aromatic heterocycles. The van der Waals surface area contributed by atoms with Gasteiger partial charge in [-0.15, -0.1) is 0 Å². The van der Waals surface area contributed by atoms with E-state index in [4.69, 9.17) is 4.99 Å². The van der Waals surface area contributed by atoms with Gasteiger partial charge in [0.1, 0.15) is 5.84 Å². The van der Waals surface area contributed by atoms with Gasteiger partial charge in [-0.05, 0) is 95.8 Å². The zero-order chi connectivity index (χ0) is 40.7. The van der Waals surface area contributed by atoms with Crippen LogP contribution in [0.3, 0.4) is 0 Å². The zero-order valence-electron chi connectivity index (χ0n) is 33.7. The molecule has 0 fully saturated rings. The molecule has 1 heterocycles. The van der Waals surface area contributed by atoms with Crippen LogP contribution in [-0.2, 0) is 19.4 Å². The Balaban J connectivity index is 1.25. The Bertz CT molecular complexity index is 2800. The molecular formula is C55H48N4. The van der Waals surface area contributed by atoms with E-state index in [-0.39, 0.29) is 0 Å². The molecule has 0 radical (unpaired) electrons. The predicted octanol–water partition coefficient (Wildman–Crippen LogP) is 14.0. The highest BCUT2D eigenvalue weighted by Gasteiger charge is 2.25. The predicted molar refractivity (Wildman–Crippen MR) is 254 cm³/mol. The van der Waals surface area contributed by atoms with E-state index in [1.165, 1.54) is 38.9 Å². The second-order valence-electron chi connectivity index (χ2n) is 14.8. The molecule has 0 bridgehead atoms. The summed E-state index contributed by atoms with van der Waals surface area (Å²) in [5.74, 6) is 0.988. The number of rotatable bonds is 13. The van der Waals surface area contributed by atoms with Crippen molar-refractivity contribution in [1.82, 2.24) is 4.57 Å². The van der Waals surface area contributed by atoms with Crippen molar-refractivity contribution in [3.63, 3.8) is 0 Å². The van der Waals surface area contributed by atoms with Crippen LogP contribution < -0.4 is 4.90 Å². The third kappa shape index (κ3) is 7.99. The van der Waals surface area contributed by atoms with Gasteiger partial charge in [-0.25, -0.2) is 0 Å². The number of aromatic nitrogens is 1. The van der Waals surface area contributed by atoms with Crippen LogP contribution in [0.25, 0.3) is 44.9 Å². The Morgan fingerprint density at radius 2 is 1.46 bits per heavy atom. The minimum absolute atomic E-state index is 0.573. The van der Waals surface area contributed by atoms with Gasteiger partial charge < -0.3 is 9.47 Å². The van der Waals surface area contributed by atoms with E-state index in [1.54, 1.807) is 0 Å². The summed E-state index contributed by atoms with van der Waals surface area (Å²) in [6.45, 7) is 19.1. The fraction of sp³-hybridized carbons (Fsp3) is 0.0909. The Hall–Kier alpha value is -7.30. The number of aliphatic imine (C=N–C) groups is 2. The molecule has 0 unspecified atom stereocenters. The normalized spacial score (nSPS) is 12.6. The second kappa shape index (κ2) is 17.5. The molecule has 0 saturated heterocycles. The van der Waals surface area contributed by atoms with Crippen LogP contribution in [0, 0.1) is 0 Å². The number of hydrogen-bond donors (Lipinski definition) is 0. The van der Waals surface area contributed by atoms with Gasteiger partial charge in [0.2, 0.25) is 0 Å². The van der Waals surface area contributed by atoms with E-state index >= 15 is 0 Å². The first kappa shape index (κ1) is 38.6. The monoisotopic (exact) mass is 764 g/mol. The van der Waals surface area contributed by atoms with Crippen LogP contribution in [0.1, 0.15) is 52.4 Å². The summed E-state index contributed by atoms with van der Waals surface area (Å²) in [5, 5.41) is 1.21. The molecule has 4 heteroatoms. The highest BCUT2D eigenvalue weighted by Crippen LogP contribution is 2.41. The maximum absolute atomic E-state index is 5.39. The molecule has 4 nitrogen and oxygen atoms in total. The zero-order valence-corrected chi connectivity index (χ0v) is 33.7. The summed E-state index contributed by atoms with van der Waals surface area (Å²) in [7, 11) is 0. The molecule has 7 aromatic rings. The summed E-state index contributed by atoms with van der Waals surface area (Å²) in [4.78, 5) is 11.9. The topological polar surface area (TPSA) is 32.9 Å². The van der Waals surface area contributed by atoms with E-state index in [1.807, 2.05) is 18.2 Å². The molecular weight excluding hydrogens is 717 g/mol. The molecule has 59 heavy (non-hydrogen) atoms. The molecule has 0 atom stereocenters. The van der Waals surface area contributed by atoms with Gasteiger partial charge in [-0.3, -0.25) is 9.98 Å². The maximum atomic E-state index is 5.39. The van der Waals surface area contributed by atoms with E-state index < -0.39 is 0 Å². The fourth-order valence-electron chi connectivity index (χ4n) is 8.16. The molecule has 1 aliphatic carbocycles. The third-order valence-corrected chi connectivity index (χ3v) is 11.1. The van der Waals surface area contributed by atoms with Crippen molar-refractivity contribution in [1.29, 1.82) is 0 Å². The molecule has 0 amide bonds. The first-order valence-corrected chi connectivity index (χ1v) is 20.2. The van der Waals surface area contributed by atoms with Crippen molar-refractivity contribution in [3.05, 3.63) is 229 Å². The van der Waals surface area contributed by atoms with E-state index in [9.17, 15) is 0 Å². The number of fused-ring (bicyclic) bond motifs is 3. The van der Waals surface area contributed by atoms with Crippen molar-refractivity contribution in [2.75, 3.05) is 4.90 Å².